The maximum atomic E-state index is 11.8. The predicted octanol–water partition coefficient (Wildman–Crippen LogP) is 1.98. The van der Waals surface area contributed by atoms with Crippen LogP contribution in [-0.2, 0) is 14.3 Å². The fraction of sp³-hybridized carbons (Fsp3) is 0.500. The molecule has 0 aromatic heterocycles. The van der Waals surface area contributed by atoms with E-state index >= 15 is 0 Å². The van der Waals surface area contributed by atoms with Crippen LogP contribution in [0.4, 0.5) is 5.69 Å². The highest BCUT2D eigenvalue weighted by atomic mass is 16.5. The molecule has 5 heteroatoms. The first-order chi connectivity index (χ1) is 11.1. The van der Waals surface area contributed by atoms with E-state index in [0.29, 0.717) is 39.3 Å². The van der Waals surface area contributed by atoms with Gasteiger partial charge in [0.15, 0.2) is 0 Å². The molecule has 1 rings (SSSR count). The Morgan fingerprint density at radius 2 is 1.78 bits per heavy atom. The van der Waals surface area contributed by atoms with Crippen LogP contribution in [0.3, 0.4) is 0 Å². The lowest BCUT2D eigenvalue weighted by atomic mass is 10.2. The van der Waals surface area contributed by atoms with Crippen molar-refractivity contribution in [3.05, 3.63) is 29.8 Å². The van der Waals surface area contributed by atoms with E-state index in [1.165, 1.54) is 0 Å². The fourth-order valence-corrected chi connectivity index (χ4v) is 1.78. The van der Waals surface area contributed by atoms with Crippen molar-refractivity contribution < 1.29 is 14.3 Å². The van der Waals surface area contributed by atoms with Gasteiger partial charge in [0, 0.05) is 30.8 Å². The largest absolute Gasteiger partial charge is 0.379 e. The van der Waals surface area contributed by atoms with Crippen molar-refractivity contribution in [1.82, 2.24) is 4.90 Å². The average Bonchev–Trinajstić information content (AvgIpc) is 2.53. The van der Waals surface area contributed by atoms with Gasteiger partial charge in [-0.05, 0) is 44.8 Å². The van der Waals surface area contributed by atoms with E-state index in [1.54, 1.807) is 24.3 Å². The molecule has 0 heterocycles. The molecule has 0 saturated heterocycles. The number of nitrogens with zero attached hydrogens (tertiary/aromatic N) is 1. The zero-order valence-corrected chi connectivity index (χ0v) is 14.0. The van der Waals surface area contributed by atoms with Gasteiger partial charge in [0.25, 0.3) is 0 Å². The fourth-order valence-electron chi connectivity index (χ4n) is 1.78. The van der Waals surface area contributed by atoms with E-state index in [1.807, 2.05) is 14.1 Å². The molecule has 5 nitrogen and oxygen atoms in total. The summed E-state index contributed by atoms with van der Waals surface area (Å²) in [5.74, 6) is 2.51. The number of carbonyl (C=O) groups is 1. The molecule has 0 fully saturated rings. The van der Waals surface area contributed by atoms with Gasteiger partial charge in [0.1, 0.15) is 0 Å². The minimum absolute atomic E-state index is 0.0238. The van der Waals surface area contributed by atoms with Gasteiger partial charge >= 0.3 is 0 Å². The number of hydrogen-bond donors (Lipinski definition) is 1. The van der Waals surface area contributed by atoms with E-state index in [9.17, 15) is 4.79 Å². The zero-order chi connectivity index (χ0) is 16.9. The third-order valence-electron chi connectivity index (χ3n) is 3.08. The molecule has 0 radical (unpaired) electrons. The molecule has 0 aliphatic rings. The molecule has 1 N–H and O–H groups in total. The van der Waals surface area contributed by atoms with Crippen LogP contribution in [0, 0.1) is 12.3 Å². The number of ether oxygens (including phenoxy) is 2. The number of amides is 1. The van der Waals surface area contributed by atoms with Gasteiger partial charge in [0.05, 0.1) is 19.8 Å². The summed E-state index contributed by atoms with van der Waals surface area (Å²) in [6, 6.07) is 7.20. The third kappa shape index (κ3) is 9.69. The number of carbonyl (C=O) groups excluding carboxylic acids is 1. The molecule has 0 aliphatic carbocycles. The maximum absolute atomic E-state index is 11.8. The van der Waals surface area contributed by atoms with Crippen LogP contribution in [0.15, 0.2) is 24.3 Å². The second-order valence-corrected chi connectivity index (χ2v) is 5.40. The van der Waals surface area contributed by atoms with Gasteiger partial charge in [-0.25, -0.2) is 0 Å². The first-order valence-electron chi connectivity index (χ1n) is 7.78. The molecule has 1 amide bonds. The summed E-state index contributed by atoms with van der Waals surface area (Å²) in [5, 5.41) is 2.83. The predicted molar refractivity (Wildman–Crippen MR) is 92.4 cm³/mol. The van der Waals surface area contributed by atoms with Crippen LogP contribution in [0.1, 0.15) is 18.4 Å². The third-order valence-corrected chi connectivity index (χ3v) is 3.08. The minimum atomic E-state index is -0.0238. The van der Waals surface area contributed by atoms with E-state index < -0.39 is 0 Å². The number of anilines is 1. The van der Waals surface area contributed by atoms with E-state index in [2.05, 4.69) is 16.1 Å². The van der Waals surface area contributed by atoms with Crippen molar-refractivity contribution >= 4 is 11.6 Å². The van der Waals surface area contributed by atoms with E-state index in [4.69, 9.17) is 15.9 Å². The summed E-state index contributed by atoms with van der Waals surface area (Å²) in [6.07, 6.45) is 6.40. The van der Waals surface area contributed by atoms with Crippen LogP contribution >= 0.6 is 0 Å². The molecule has 1 aromatic carbocycles. The van der Waals surface area contributed by atoms with Crippen molar-refractivity contribution in [3.8, 4) is 12.3 Å². The monoisotopic (exact) mass is 318 g/mol. The Morgan fingerprint density at radius 3 is 2.39 bits per heavy atom. The second-order valence-electron chi connectivity index (χ2n) is 5.40. The zero-order valence-electron chi connectivity index (χ0n) is 14.0. The van der Waals surface area contributed by atoms with E-state index in [-0.39, 0.29) is 5.91 Å². The van der Waals surface area contributed by atoms with Crippen LogP contribution in [0.2, 0.25) is 0 Å². The van der Waals surface area contributed by atoms with Gasteiger partial charge in [-0.3, -0.25) is 4.79 Å². The lowest BCUT2D eigenvalue weighted by Gasteiger charge is -2.10. The number of nitrogens with one attached hydrogen (secondary N) is 1. The summed E-state index contributed by atoms with van der Waals surface area (Å²) in [6.45, 7) is 3.31. The average molecular weight is 318 g/mol. The normalized spacial score (nSPS) is 10.5. The number of hydrogen-bond acceptors (Lipinski definition) is 4. The van der Waals surface area contributed by atoms with Crippen LogP contribution in [-0.4, -0.2) is 57.9 Å². The Kier molecular flexibility index (Phi) is 9.73. The van der Waals surface area contributed by atoms with Gasteiger partial charge in [-0.1, -0.05) is 5.92 Å². The Labute approximate surface area is 139 Å². The molecule has 0 spiro atoms. The Bertz CT molecular complexity index is 492. The maximum Gasteiger partial charge on any atom is 0.224 e. The van der Waals surface area contributed by atoms with Crippen molar-refractivity contribution in [3.63, 3.8) is 0 Å². The highest BCUT2D eigenvalue weighted by Gasteiger charge is 2.02. The number of terminal acetylenes is 1. The molecular weight excluding hydrogens is 292 g/mol. The topological polar surface area (TPSA) is 50.8 Å². The molecule has 0 saturated carbocycles. The summed E-state index contributed by atoms with van der Waals surface area (Å²) < 4.78 is 10.8. The highest BCUT2D eigenvalue weighted by molar-refractivity contribution is 5.90. The molecule has 1 aromatic rings. The number of likely N-dealkylation sites (N-methyl/N-ethyl adjacent to an activating group) is 1. The lowest BCUT2D eigenvalue weighted by molar-refractivity contribution is -0.116. The second kappa shape index (κ2) is 11.7. The van der Waals surface area contributed by atoms with Crippen molar-refractivity contribution in [2.45, 2.75) is 12.8 Å². The summed E-state index contributed by atoms with van der Waals surface area (Å²) in [7, 11) is 4.02. The molecule has 0 atom stereocenters. The molecular formula is C18H26N2O3. The summed E-state index contributed by atoms with van der Waals surface area (Å²) >= 11 is 0. The van der Waals surface area contributed by atoms with Gasteiger partial charge in [-0.15, -0.1) is 6.42 Å². The van der Waals surface area contributed by atoms with Gasteiger partial charge in [-0.2, -0.15) is 0 Å². The first-order valence-corrected chi connectivity index (χ1v) is 7.78. The Balaban J connectivity index is 2.00. The van der Waals surface area contributed by atoms with Crippen molar-refractivity contribution in [2.75, 3.05) is 52.4 Å². The van der Waals surface area contributed by atoms with Crippen LogP contribution < -0.4 is 5.32 Å². The summed E-state index contributed by atoms with van der Waals surface area (Å²) in [5.41, 5.74) is 1.55. The standard InChI is InChI=1S/C18H26N2O3/c1-4-16-7-9-17(10-8-16)19-18(21)6-5-12-22-14-15-23-13-11-20(2)3/h1,7-10H,5-6,11-15H2,2-3H3,(H,19,21). The van der Waals surface area contributed by atoms with Gasteiger partial charge < -0.3 is 19.7 Å². The molecule has 0 aliphatic heterocycles. The molecule has 0 bridgehead atoms. The van der Waals surface area contributed by atoms with Crippen molar-refractivity contribution in [2.24, 2.45) is 0 Å². The minimum Gasteiger partial charge on any atom is -0.379 e. The number of benzene rings is 1. The van der Waals surface area contributed by atoms with E-state index in [0.717, 1.165) is 17.8 Å². The Hall–Kier alpha value is -1.87. The lowest BCUT2D eigenvalue weighted by Crippen LogP contribution is -2.19. The SMILES string of the molecule is C#Cc1ccc(NC(=O)CCCOCCOCCN(C)C)cc1. The highest BCUT2D eigenvalue weighted by Crippen LogP contribution is 2.09. The first kappa shape index (κ1) is 19.2. The van der Waals surface area contributed by atoms with Crippen LogP contribution in [0.25, 0.3) is 0 Å². The summed E-state index contributed by atoms with van der Waals surface area (Å²) in [4.78, 5) is 13.8. The quantitative estimate of drug-likeness (QED) is 0.501. The van der Waals surface area contributed by atoms with Crippen LogP contribution in [0.5, 0.6) is 0 Å². The molecule has 23 heavy (non-hydrogen) atoms. The van der Waals surface area contributed by atoms with Crippen molar-refractivity contribution in [1.29, 1.82) is 0 Å². The van der Waals surface area contributed by atoms with Gasteiger partial charge in [0.2, 0.25) is 5.91 Å². The Morgan fingerprint density at radius 1 is 1.13 bits per heavy atom. The smallest absolute Gasteiger partial charge is 0.224 e. The number of rotatable bonds is 11. The molecule has 126 valence electrons. The molecule has 0 unspecified atom stereocenters.